The van der Waals surface area contributed by atoms with Crippen molar-refractivity contribution in [3.05, 3.63) is 214 Å². The average Bonchev–Trinajstić information content (AvgIpc) is 4.39. The highest BCUT2D eigenvalue weighted by Gasteiger charge is 2.48. The maximum atomic E-state index is 13.4. The molecule has 0 spiro atoms. The van der Waals surface area contributed by atoms with Gasteiger partial charge >= 0.3 is 5.97 Å². The predicted molar refractivity (Wildman–Crippen MR) is 282 cm³/mol. The molecule has 3 aliphatic rings. The van der Waals surface area contributed by atoms with Crippen LogP contribution in [-0.2, 0) is 25.9 Å². The summed E-state index contributed by atoms with van der Waals surface area (Å²) in [5, 5.41) is 21.7. The molecule has 1 aliphatic carbocycles. The number of fused-ring (bicyclic) bond motifs is 1. The molecule has 2 N–H and O–H groups in total. The van der Waals surface area contributed by atoms with Crippen molar-refractivity contribution in [1.29, 1.82) is 0 Å². The Morgan fingerprint density at radius 1 is 0.486 bits per heavy atom. The monoisotopic (exact) mass is 996 g/mol. The smallest absolute Gasteiger partial charge is 0.340 e. The summed E-state index contributed by atoms with van der Waals surface area (Å²) in [5.41, 5.74) is 5.51. The summed E-state index contributed by atoms with van der Waals surface area (Å²) in [6.45, 7) is 11.0. The number of epoxide rings is 1. The molecule has 7 aromatic carbocycles. The Kier molecular flexibility index (Phi) is 14.7. The molecule has 4 unspecified atom stereocenters. The zero-order valence-electron chi connectivity index (χ0n) is 42.4. The quantitative estimate of drug-likeness (QED) is 0.0443. The zero-order valence-corrected chi connectivity index (χ0v) is 42.4. The van der Waals surface area contributed by atoms with E-state index in [1.165, 1.54) is 18.4 Å². The number of carbonyl (C=O) groups excluding carboxylic acids is 1. The van der Waals surface area contributed by atoms with E-state index in [0.29, 0.717) is 57.8 Å². The third kappa shape index (κ3) is 11.6. The van der Waals surface area contributed by atoms with Crippen LogP contribution in [0, 0.1) is 5.92 Å². The summed E-state index contributed by atoms with van der Waals surface area (Å²) < 4.78 is 47.2. The summed E-state index contributed by atoms with van der Waals surface area (Å²) in [4.78, 5) is 13.4. The van der Waals surface area contributed by atoms with Crippen molar-refractivity contribution in [2.75, 3.05) is 46.2 Å². The average molecular weight is 997 g/mol. The second kappa shape index (κ2) is 21.6. The van der Waals surface area contributed by atoms with E-state index >= 15 is 0 Å². The molecule has 74 heavy (non-hydrogen) atoms. The molecule has 7 aromatic rings. The molecule has 1 saturated heterocycles. The second-order valence-corrected chi connectivity index (χ2v) is 20.6. The molecule has 382 valence electrons. The highest BCUT2D eigenvalue weighted by Crippen LogP contribution is 2.48. The second-order valence-electron chi connectivity index (χ2n) is 20.6. The van der Waals surface area contributed by atoms with Crippen LogP contribution in [0.1, 0.15) is 89.8 Å². The van der Waals surface area contributed by atoms with Crippen LogP contribution in [0.2, 0.25) is 0 Å². The van der Waals surface area contributed by atoms with Crippen LogP contribution >= 0.6 is 0 Å². The maximum Gasteiger partial charge on any atom is 0.340 e. The Morgan fingerprint density at radius 2 is 0.824 bits per heavy atom. The first-order valence-electron chi connectivity index (χ1n) is 25.5. The van der Waals surface area contributed by atoms with Gasteiger partial charge in [-0.2, -0.15) is 0 Å². The van der Waals surface area contributed by atoms with Crippen LogP contribution in [0.4, 0.5) is 0 Å². The fraction of sp³-hybridized carbons (Fsp3) is 0.317. The van der Waals surface area contributed by atoms with Gasteiger partial charge < -0.3 is 48.1 Å². The summed E-state index contributed by atoms with van der Waals surface area (Å²) in [7, 11) is 0. The maximum absolute atomic E-state index is 13.4. The van der Waals surface area contributed by atoms with E-state index < -0.39 is 23.8 Å². The lowest BCUT2D eigenvalue weighted by atomic mass is 9.78. The third-order valence-corrected chi connectivity index (χ3v) is 14.4. The largest absolute Gasteiger partial charge is 0.493 e. The van der Waals surface area contributed by atoms with Crippen LogP contribution < -0.4 is 28.4 Å². The van der Waals surface area contributed by atoms with E-state index in [1.807, 2.05) is 91.0 Å². The number of ether oxygens (including phenoxy) is 8. The number of carbonyl (C=O) groups is 1. The van der Waals surface area contributed by atoms with Gasteiger partial charge in [-0.15, -0.1) is 0 Å². The van der Waals surface area contributed by atoms with Crippen LogP contribution in [0.3, 0.4) is 0 Å². The van der Waals surface area contributed by atoms with Gasteiger partial charge in [0.1, 0.15) is 85.8 Å². The van der Waals surface area contributed by atoms with Gasteiger partial charge in [-0.3, -0.25) is 0 Å². The van der Waals surface area contributed by atoms with Gasteiger partial charge in [0, 0.05) is 27.5 Å². The van der Waals surface area contributed by atoms with E-state index in [-0.39, 0.29) is 43.4 Å². The number of hydrogen-bond acceptors (Lipinski definition) is 11. The topological polar surface area (TPSA) is 135 Å². The number of aliphatic hydroxyl groups is 2. The Morgan fingerprint density at radius 3 is 1.19 bits per heavy atom. The predicted octanol–water partition coefficient (Wildman–Crippen LogP) is 11.0. The Hall–Kier alpha value is -7.31. The first-order chi connectivity index (χ1) is 35.8. The van der Waals surface area contributed by atoms with E-state index in [0.717, 1.165) is 41.4 Å². The van der Waals surface area contributed by atoms with Crippen molar-refractivity contribution < 1.29 is 52.9 Å². The lowest BCUT2D eigenvalue weighted by Crippen LogP contribution is -2.29. The van der Waals surface area contributed by atoms with Gasteiger partial charge in [-0.1, -0.05) is 119 Å². The number of benzene rings is 7. The summed E-state index contributed by atoms with van der Waals surface area (Å²) in [6, 6.07) is 54.5. The first-order valence-corrected chi connectivity index (χ1v) is 25.5. The molecular formula is C63H64O11. The molecule has 11 heteroatoms. The van der Waals surface area contributed by atoms with Crippen molar-refractivity contribution >= 4 is 5.97 Å². The first kappa shape index (κ1) is 50.2. The lowest BCUT2D eigenvalue weighted by Gasteiger charge is -2.30. The molecule has 0 radical (unpaired) electrons. The normalized spacial score (nSPS) is 17.9. The van der Waals surface area contributed by atoms with E-state index in [9.17, 15) is 15.0 Å². The molecule has 11 nitrogen and oxygen atoms in total. The number of cyclic esters (lactones) is 1. The number of esters is 1. The molecule has 1 saturated carbocycles. The van der Waals surface area contributed by atoms with Gasteiger partial charge in [-0.25, -0.2) is 4.79 Å². The van der Waals surface area contributed by atoms with Gasteiger partial charge in [-0.05, 0) is 120 Å². The number of hydrogen-bond donors (Lipinski definition) is 2. The Labute approximate surface area is 433 Å². The van der Waals surface area contributed by atoms with E-state index in [1.54, 1.807) is 30.3 Å². The molecule has 4 atom stereocenters. The van der Waals surface area contributed by atoms with Crippen LogP contribution in [-0.4, -0.2) is 80.7 Å². The summed E-state index contributed by atoms with van der Waals surface area (Å²) in [5.74, 6) is 4.37. The SMILES string of the molecule is CC(C)(c1ccc(OCC(O)COc2ccc(C3(c4ccc(OCC(O)COc5ccc(C(C)(C)c6ccc(OCC7CO7)cc6)cc5)cc4)OC(=O)c4ccccc43)cc2)cc1)c1ccc(OCC2CC2)cc1. The fourth-order valence-corrected chi connectivity index (χ4v) is 9.31. The Balaban J connectivity index is 0.710. The highest BCUT2D eigenvalue weighted by atomic mass is 16.6. The third-order valence-electron chi connectivity index (χ3n) is 14.4. The summed E-state index contributed by atoms with van der Waals surface area (Å²) >= 11 is 0. The summed E-state index contributed by atoms with van der Waals surface area (Å²) in [6.07, 6.45) is 0.947. The number of rotatable bonds is 24. The van der Waals surface area contributed by atoms with E-state index in [4.69, 9.17) is 37.9 Å². The van der Waals surface area contributed by atoms with Crippen molar-refractivity contribution in [1.82, 2.24) is 0 Å². The van der Waals surface area contributed by atoms with Gasteiger partial charge in [0.2, 0.25) is 0 Å². The minimum atomic E-state index is -1.25. The molecule has 10 rings (SSSR count). The minimum Gasteiger partial charge on any atom is -0.493 e. The van der Waals surface area contributed by atoms with Gasteiger partial charge in [0.05, 0.1) is 18.8 Å². The van der Waals surface area contributed by atoms with Crippen molar-refractivity contribution in [3.63, 3.8) is 0 Å². The standard InChI is InChI=1S/C63H64O11/c1-61(2,43-11-23-51(24-12-43)67-35-42-9-10-42)44-13-25-52(26-14-44)68-36-49(64)38-70-54-31-19-47(20-32-54)63(59-8-6-5-7-58(59)60(66)74-63)48-21-33-55(34-22-48)71-39-50(65)37-69-53-27-15-45(16-28-53)62(3,4)46-17-29-56(30-18-46)72-40-57-41-73-57/h5-8,11-34,42,49-50,57,64-65H,9-10,35-41H2,1-4H3. The van der Waals surface area contributed by atoms with Crippen molar-refractivity contribution in [2.45, 2.75) is 75.3 Å². The van der Waals surface area contributed by atoms with Gasteiger partial charge in [0.25, 0.3) is 0 Å². The number of aliphatic hydroxyl groups excluding tert-OH is 2. The molecule has 0 bridgehead atoms. The molecular weight excluding hydrogens is 933 g/mol. The van der Waals surface area contributed by atoms with Crippen LogP contribution in [0.25, 0.3) is 0 Å². The van der Waals surface area contributed by atoms with E-state index in [2.05, 4.69) is 76.2 Å². The highest BCUT2D eigenvalue weighted by molar-refractivity contribution is 5.96. The van der Waals surface area contributed by atoms with Crippen LogP contribution in [0.5, 0.6) is 34.5 Å². The Bertz CT molecular complexity index is 2790. The van der Waals surface area contributed by atoms with Crippen molar-refractivity contribution in [2.24, 2.45) is 5.92 Å². The van der Waals surface area contributed by atoms with Crippen molar-refractivity contribution in [3.8, 4) is 34.5 Å². The fourth-order valence-electron chi connectivity index (χ4n) is 9.31. The molecule has 2 aliphatic heterocycles. The molecule has 0 aromatic heterocycles. The molecule has 2 fully saturated rings. The molecule has 0 amide bonds. The minimum absolute atomic E-state index is 0.00163. The molecule has 2 heterocycles. The van der Waals surface area contributed by atoms with Crippen LogP contribution in [0.15, 0.2) is 170 Å². The lowest BCUT2D eigenvalue weighted by molar-refractivity contribution is 0.0250. The zero-order chi connectivity index (χ0) is 51.3. The van der Waals surface area contributed by atoms with Gasteiger partial charge in [0.15, 0.2) is 5.60 Å².